The number of rotatable bonds is 3. The van der Waals surface area contributed by atoms with Crippen molar-refractivity contribution >= 4 is 27.5 Å². The van der Waals surface area contributed by atoms with Crippen molar-refractivity contribution in [1.29, 1.82) is 0 Å². The van der Waals surface area contributed by atoms with E-state index in [1.54, 1.807) is 0 Å². The van der Waals surface area contributed by atoms with Gasteiger partial charge in [-0.05, 0) is 30.5 Å². The van der Waals surface area contributed by atoms with Crippen LogP contribution < -0.4 is 16.0 Å². The third-order valence-corrected chi connectivity index (χ3v) is 5.94. The first-order valence-electron chi connectivity index (χ1n) is 7.52. The molecule has 0 radical (unpaired) electrons. The number of fused-ring (bicyclic) bond motifs is 1. The van der Waals surface area contributed by atoms with Crippen LogP contribution in [-0.2, 0) is 21.1 Å². The summed E-state index contributed by atoms with van der Waals surface area (Å²) in [5.41, 5.74) is 2.63. The zero-order chi connectivity index (χ0) is 16.6. The maximum atomic E-state index is 12.0. The molecule has 23 heavy (non-hydrogen) atoms. The van der Waals surface area contributed by atoms with Gasteiger partial charge in [-0.15, -0.1) is 0 Å². The second kappa shape index (κ2) is 5.84. The highest BCUT2D eigenvalue weighted by Crippen LogP contribution is 2.26. The Hall–Kier alpha value is -2.09. The van der Waals surface area contributed by atoms with E-state index in [4.69, 9.17) is 0 Å². The minimum absolute atomic E-state index is 0.00142. The van der Waals surface area contributed by atoms with Crippen LogP contribution in [0.5, 0.6) is 0 Å². The Morgan fingerprint density at radius 1 is 1.39 bits per heavy atom. The number of anilines is 1. The van der Waals surface area contributed by atoms with Gasteiger partial charge in [-0.25, -0.2) is 13.2 Å². The average molecular weight is 337 g/mol. The van der Waals surface area contributed by atoms with Gasteiger partial charge in [0.2, 0.25) is 5.91 Å². The summed E-state index contributed by atoms with van der Waals surface area (Å²) in [5, 5.41) is 8.27. The molecule has 3 N–H and O–H groups in total. The lowest BCUT2D eigenvalue weighted by Crippen LogP contribution is -2.43. The molecule has 0 spiro atoms. The summed E-state index contributed by atoms with van der Waals surface area (Å²) in [6.45, 7) is 1.84. The molecule has 124 valence electrons. The molecule has 1 saturated heterocycles. The number of benzene rings is 1. The van der Waals surface area contributed by atoms with E-state index in [9.17, 15) is 18.0 Å². The number of carbonyl (C=O) groups is 2. The zero-order valence-corrected chi connectivity index (χ0v) is 13.6. The highest BCUT2D eigenvalue weighted by atomic mass is 32.2. The lowest BCUT2D eigenvalue weighted by atomic mass is 10.0. The normalized spacial score (nSPS) is 23.0. The summed E-state index contributed by atoms with van der Waals surface area (Å²) in [6, 6.07) is 4.64. The first-order chi connectivity index (χ1) is 10.8. The number of urea groups is 1. The fourth-order valence-corrected chi connectivity index (χ4v) is 4.61. The minimum atomic E-state index is -3.02. The Bertz CT molecular complexity index is 760. The van der Waals surface area contributed by atoms with Crippen LogP contribution in [0, 0.1) is 0 Å². The number of amides is 3. The monoisotopic (exact) mass is 337 g/mol. The van der Waals surface area contributed by atoms with Crippen LogP contribution in [0.4, 0.5) is 10.5 Å². The second-order valence-corrected chi connectivity index (χ2v) is 8.31. The first-order valence-corrected chi connectivity index (χ1v) is 9.35. The van der Waals surface area contributed by atoms with Gasteiger partial charge in [0, 0.05) is 11.7 Å². The van der Waals surface area contributed by atoms with Crippen LogP contribution in [0.3, 0.4) is 0 Å². The van der Waals surface area contributed by atoms with Gasteiger partial charge in [-0.3, -0.25) is 4.79 Å². The summed E-state index contributed by atoms with van der Waals surface area (Å²) in [7, 11) is -3.02. The molecule has 2 aliphatic heterocycles. The van der Waals surface area contributed by atoms with Gasteiger partial charge < -0.3 is 16.0 Å². The Labute approximate surface area is 134 Å². The average Bonchev–Trinajstić information content (AvgIpc) is 2.98. The lowest BCUT2D eigenvalue weighted by Gasteiger charge is -2.18. The van der Waals surface area contributed by atoms with Crippen molar-refractivity contribution < 1.29 is 18.0 Å². The van der Waals surface area contributed by atoms with Crippen molar-refractivity contribution in [2.45, 2.75) is 31.8 Å². The van der Waals surface area contributed by atoms with E-state index in [-0.39, 0.29) is 35.5 Å². The maximum absolute atomic E-state index is 12.0. The largest absolute Gasteiger partial charge is 0.334 e. The van der Waals surface area contributed by atoms with Crippen molar-refractivity contribution in [1.82, 2.24) is 10.6 Å². The van der Waals surface area contributed by atoms with Crippen molar-refractivity contribution in [2.24, 2.45) is 0 Å². The van der Waals surface area contributed by atoms with E-state index in [0.29, 0.717) is 12.8 Å². The maximum Gasteiger partial charge on any atom is 0.315 e. The van der Waals surface area contributed by atoms with Crippen LogP contribution in [0.2, 0.25) is 0 Å². The van der Waals surface area contributed by atoms with Crippen LogP contribution in [0.15, 0.2) is 18.2 Å². The highest BCUT2D eigenvalue weighted by Gasteiger charge is 2.29. The van der Waals surface area contributed by atoms with E-state index in [0.717, 1.165) is 16.8 Å². The van der Waals surface area contributed by atoms with E-state index in [2.05, 4.69) is 16.0 Å². The van der Waals surface area contributed by atoms with Gasteiger partial charge in [-0.2, -0.15) is 0 Å². The second-order valence-electron chi connectivity index (χ2n) is 6.08. The smallest absolute Gasteiger partial charge is 0.315 e. The third-order valence-electron chi connectivity index (χ3n) is 4.17. The van der Waals surface area contributed by atoms with Crippen LogP contribution >= 0.6 is 0 Å². The van der Waals surface area contributed by atoms with Crippen LogP contribution in [0.25, 0.3) is 0 Å². The molecule has 3 rings (SSSR count). The van der Waals surface area contributed by atoms with Gasteiger partial charge in [0.1, 0.15) is 0 Å². The molecule has 1 fully saturated rings. The van der Waals surface area contributed by atoms with Crippen molar-refractivity contribution in [3.05, 3.63) is 29.3 Å². The van der Waals surface area contributed by atoms with Gasteiger partial charge in [0.05, 0.1) is 24.0 Å². The summed E-state index contributed by atoms with van der Waals surface area (Å²) in [5.74, 6) is 0.0961. The Morgan fingerprint density at radius 3 is 2.87 bits per heavy atom. The summed E-state index contributed by atoms with van der Waals surface area (Å²) in [6.07, 6.45) is 0.804. The van der Waals surface area contributed by atoms with E-state index < -0.39 is 9.84 Å². The molecule has 1 aromatic carbocycles. The molecule has 2 aliphatic rings. The van der Waals surface area contributed by atoms with Crippen LogP contribution in [-0.4, -0.2) is 37.9 Å². The summed E-state index contributed by atoms with van der Waals surface area (Å²) in [4.78, 5) is 23.4. The molecule has 0 aliphatic carbocycles. The van der Waals surface area contributed by atoms with Crippen molar-refractivity contribution in [3.8, 4) is 0 Å². The fourth-order valence-electron chi connectivity index (χ4n) is 2.93. The van der Waals surface area contributed by atoms with Crippen molar-refractivity contribution in [3.63, 3.8) is 0 Å². The third kappa shape index (κ3) is 3.64. The molecule has 2 unspecified atom stereocenters. The molecule has 7 nitrogen and oxygen atoms in total. The Kier molecular flexibility index (Phi) is 4.01. The molecule has 1 aromatic rings. The van der Waals surface area contributed by atoms with Crippen molar-refractivity contribution in [2.75, 3.05) is 16.8 Å². The summed E-state index contributed by atoms with van der Waals surface area (Å²) >= 11 is 0. The molecular formula is C15H19N3O4S. The Balaban J connectivity index is 1.59. The van der Waals surface area contributed by atoms with Gasteiger partial charge >= 0.3 is 6.03 Å². The number of hydrogen-bond acceptors (Lipinski definition) is 4. The van der Waals surface area contributed by atoms with Crippen LogP contribution in [0.1, 0.15) is 30.5 Å². The number of sulfone groups is 1. The van der Waals surface area contributed by atoms with E-state index in [1.807, 2.05) is 25.1 Å². The van der Waals surface area contributed by atoms with Gasteiger partial charge in [0.25, 0.3) is 0 Å². The topological polar surface area (TPSA) is 104 Å². The summed E-state index contributed by atoms with van der Waals surface area (Å²) < 4.78 is 22.8. The predicted octanol–water partition coefficient (Wildman–Crippen LogP) is 0.728. The molecule has 8 heteroatoms. The number of nitrogens with one attached hydrogen (secondary N) is 3. The van der Waals surface area contributed by atoms with Gasteiger partial charge in [-0.1, -0.05) is 12.1 Å². The number of hydrogen-bond donors (Lipinski definition) is 3. The quantitative estimate of drug-likeness (QED) is 0.756. The molecule has 2 heterocycles. The minimum Gasteiger partial charge on any atom is -0.334 e. The molecule has 0 saturated carbocycles. The zero-order valence-electron chi connectivity index (χ0n) is 12.8. The highest BCUT2D eigenvalue weighted by molar-refractivity contribution is 7.91. The molecule has 3 amide bonds. The Morgan fingerprint density at radius 2 is 2.17 bits per heavy atom. The van der Waals surface area contributed by atoms with Gasteiger partial charge in [0.15, 0.2) is 9.84 Å². The predicted molar refractivity (Wildman–Crippen MR) is 85.9 cm³/mol. The SMILES string of the molecule is CC(NC(=O)NC1CCS(=O)(=O)C1)c1ccc2c(c1)CC(=O)N2. The molecule has 0 bridgehead atoms. The number of carbonyl (C=O) groups excluding carboxylic acids is 2. The molecule has 0 aromatic heterocycles. The standard InChI is InChI=1S/C15H19N3O4S/c1-9(10-2-3-13-11(6-10)7-14(19)18-13)16-15(20)17-12-4-5-23(21,22)8-12/h2-3,6,9,12H,4-5,7-8H2,1H3,(H,18,19)(H2,16,17,20). The van der Waals surface area contributed by atoms with E-state index >= 15 is 0 Å². The molecule has 2 atom stereocenters. The lowest BCUT2D eigenvalue weighted by molar-refractivity contribution is -0.115. The fraction of sp³-hybridized carbons (Fsp3) is 0.467. The first kappa shape index (κ1) is 15.8. The van der Waals surface area contributed by atoms with E-state index in [1.165, 1.54) is 0 Å². The molecular weight excluding hydrogens is 318 g/mol.